The summed E-state index contributed by atoms with van der Waals surface area (Å²) in [6, 6.07) is 0. The van der Waals surface area contributed by atoms with E-state index in [2.05, 4.69) is 13.8 Å². The van der Waals surface area contributed by atoms with Crippen molar-refractivity contribution in [3.63, 3.8) is 0 Å². The predicted octanol–water partition coefficient (Wildman–Crippen LogP) is 2.26. The van der Waals surface area contributed by atoms with E-state index in [4.69, 9.17) is 0 Å². The molecule has 0 amide bonds. The van der Waals surface area contributed by atoms with E-state index in [0.29, 0.717) is 0 Å². The molecule has 0 spiro atoms. The summed E-state index contributed by atoms with van der Waals surface area (Å²) in [5, 5.41) is 0. The molecule has 0 N–H and O–H groups in total. The van der Waals surface area contributed by atoms with Gasteiger partial charge in [-0.2, -0.15) is 0 Å². The molecule has 3 heteroatoms. The van der Waals surface area contributed by atoms with Crippen molar-refractivity contribution in [2.75, 3.05) is 0 Å². The molecular weight excluding hydrogens is 105 g/mol. The second-order valence-corrected chi connectivity index (χ2v) is 1.000. The van der Waals surface area contributed by atoms with Gasteiger partial charge in [0, 0.05) is 0 Å². The third kappa shape index (κ3) is 133. The first kappa shape index (κ1) is 29.2. The zero-order valence-corrected chi connectivity index (χ0v) is 4.64. The van der Waals surface area contributed by atoms with Gasteiger partial charge in [0.15, 0.2) is 0 Å². The lowest BCUT2D eigenvalue weighted by atomic mass is 10.4. The zero-order chi connectivity index (χ0) is 3.41. The highest BCUT2D eigenvalue weighted by Crippen LogP contribution is 1.76. The van der Waals surface area contributed by atoms with Crippen LogP contribution >= 0.6 is 0 Å². The van der Waals surface area contributed by atoms with Gasteiger partial charge in [-0.05, 0) is 0 Å². The predicted molar refractivity (Wildman–Crippen MR) is 28.1 cm³/mol. The van der Waals surface area contributed by atoms with Crippen LogP contribution in [0.4, 0.5) is 14.1 Å². The highest BCUT2D eigenvalue weighted by molar-refractivity contribution is 4.12. The highest BCUT2D eigenvalue weighted by Gasteiger charge is 1.56. The summed E-state index contributed by atoms with van der Waals surface area (Å²) in [6.07, 6.45) is 2.64. The van der Waals surface area contributed by atoms with Crippen LogP contribution in [0.15, 0.2) is 0 Å². The summed E-state index contributed by atoms with van der Waals surface area (Å²) in [5.74, 6) is 0. The molecular formula is C4H13F3. The van der Waals surface area contributed by atoms with Crippen molar-refractivity contribution in [1.29, 1.82) is 0 Å². The maximum atomic E-state index is 2.18. The van der Waals surface area contributed by atoms with Crippen LogP contribution in [0, 0.1) is 0 Å². The van der Waals surface area contributed by atoms with Gasteiger partial charge in [0.25, 0.3) is 0 Å². The van der Waals surface area contributed by atoms with E-state index in [1.165, 1.54) is 12.8 Å². The fraction of sp³-hybridized carbons (Fsp3) is 1.00. The summed E-state index contributed by atoms with van der Waals surface area (Å²) in [6.45, 7) is 4.36. The normalized spacial score (nSPS) is 4.29. The Bertz CT molecular complexity index is 8.90. The van der Waals surface area contributed by atoms with Crippen LogP contribution in [0.2, 0.25) is 0 Å². The largest absolute Gasteiger partial charge is 0.269 e. The van der Waals surface area contributed by atoms with Gasteiger partial charge in [0.1, 0.15) is 0 Å². The summed E-state index contributed by atoms with van der Waals surface area (Å²) in [5.41, 5.74) is 0. The topological polar surface area (TPSA) is 0 Å². The SMILES string of the molecule is CCCC.F.F.F. The minimum absolute atomic E-state index is 0. The first-order valence-electron chi connectivity index (χ1n) is 1.91. The molecule has 0 rings (SSSR count). The second kappa shape index (κ2) is 41.5. The Morgan fingerprint density at radius 2 is 0.857 bits per heavy atom. The van der Waals surface area contributed by atoms with Gasteiger partial charge in [-0.15, -0.1) is 0 Å². The molecule has 0 bridgehead atoms. The summed E-state index contributed by atoms with van der Waals surface area (Å²) in [4.78, 5) is 0. The molecule has 0 saturated heterocycles. The fourth-order valence-electron chi connectivity index (χ4n) is 0. The molecule has 0 unspecified atom stereocenters. The Morgan fingerprint density at radius 1 is 0.714 bits per heavy atom. The molecule has 50 valence electrons. The molecule has 0 radical (unpaired) electrons. The van der Waals surface area contributed by atoms with E-state index in [9.17, 15) is 0 Å². The molecule has 0 saturated carbocycles. The van der Waals surface area contributed by atoms with Crippen molar-refractivity contribution in [3.05, 3.63) is 0 Å². The van der Waals surface area contributed by atoms with E-state index >= 15 is 0 Å². The van der Waals surface area contributed by atoms with Crippen molar-refractivity contribution < 1.29 is 14.1 Å². The monoisotopic (exact) mass is 118 g/mol. The minimum Gasteiger partial charge on any atom is -0.269 e. The molecule has 0 heterocycles. The third-order valence-corrected chi connectivity index (χ3v) is 0.500. The van der Waals surface area contributed by atoms with Gasteiger partial charge in [0.05, 0.1) is 0 Å². The van der Waals surface area contributed by atoms with E-state index in [0.717, 1.165) is 0 Å². The summed E-state index contributed by atoms with van der Waals surface area (Å²) in [7, 11) is 0. The van der Waals surface area contributed by atoms with E-state index in [-0.39, 0.29) is 14.1 Å². The Kier molecular flexibility index (Phi) is 173. The number of hydrogen-bond donors (Lipinski definition) is 0. The van der Waals surface area contributed by atoms with Crippen LogP contribution in [0.3, 0.4) is 0 Å². The fourth-order valence-corrected chi connectivity index (χ4v) is 0. The molecule has 0 aromatic heterocycles. The Hall–Kier alpha value is -0.210. The first-order valence-corrected chi connectivity index (χ1v) is 1.91. The molecule has 0 fully saturated rings. The van der Waals surface area contributed by atoms with Gasteiger partial charge in [0.2, 0.25) is 0 Å². The van der Waals surface area contributed by atoms with Gasteiger partial charge < -0.3 is 0 Å². The molecule has 0 nitrogen and oxygen atoms in total. The quantitative estimate of drug-likeness (QED) is 0.495. The lowest BCUT2D eigenvalue weighted by Crippen LogP contribution is -1.47. The lowest BCUT2D eigenvalue weighted by Gasteiger charge is -1.68. The van der Waals surface area contributed by atoms with Crippen molar-refractivity contribution >= 4 is 0 Å². The van der Waals surface area contributed by atoms with Gasteiger partial charge in [-0.1, -0.05) is 26.7 Å². The van der Waals surface area contributed by atoms with Crippen LogP contribution in [0.1, 0.15) is 26.7 Å². The Balaban J connectivity index is -0.0000000150. The average Bonchev–Trinajstić information content (AvgIpc) is 1.37. The summed E-state index contributed by atoms with van der Waals surface area (Å²) >= 11 is 0. The Morgan fingerprint density at radius 3 is 0.857 bits per heavy atom. The second-order valence-electron chi connectivity index (χ2n) is 1.000. The average molecular weight is 118 g/mol. The van der Waals surface area contributed by atoms with Crippen molar-refractivity contribution in [1.82, 2.24) is 0 Å². The van der Waals surface area contributed by atoms with Crippen molar-refractivity contribution in [2.24, 2.45) is 0 Å². The van der Waals surface area contributed by atoms with E-state index in [1.807, 2.05) is 0 Å². The van der Waals surface area contributed by atoms with Crippen LogP contribution in [-0.4, -0.2) is 0 Å². The molecule has 7 heavy (non-hydrogen) atoms. The maximum absolute atomic E-state index is 2.18. The van der Waals surface area contributed by atoms with E-state index < -0.39 is 0 Å². The highest BCUT2D eigenvalue weighted by atomic mass is 19.0. The molecule has 0 aliphatic heterocycles. The smallest absolute Gasteiger partial charge is 0.0564 e. The standard InChI is InChI=1S/C4H10.3FH/c1-3-4-2;;;/h3-4H2,1-2H3;3*1H. The number of halogens is 3. The molecule has 0 aromatic carbocycles. The molecule has 0 aliphatic rings. The first-order chi connectivity index (χ1) is 1.91. The van der Waals surface area contributed by atoms with Crippen LogP contribution in [0.5, 0.6) is 0 Å². The van der Waals surface area contributed by atoms with Crippen LogP contribution < -0.4 is 0 Å². The van der Waals surface area contributed by atoms with E-state index in [1.54, 1.807) is 0 Å². The third-order valence-electron chi connectivity index (χ3n) is 0.500. The number of rotatable bonds is 1. The van der Waals surface area contributed by atoms with Crippen LogP contribution in [0.25, 0.3) is 0 Å². The minimum atomic E-state index is 0. The number of unbranched alkanes of at least 4 members (excludes halogenated alkanes) is 1. The van der Waals surface area contributed by atoms with Crippen LogP contribution in [-0.2, 0) is 0 Å². The van der Waals surface area contributed by atoms with Gasteiger partial charge in [-0.3, -0.25) is 14.1 Å². The van der Waals surface area contributed by atoms with Gasteiger partial charge >= 0.3 is 0 Å². The molecule has 0 atom stereocenters. The van der Waals surface area contributed by atoms with Gasteiger partial charge in [-0.25, -0.2) is 0 Å². The Labute approximate surface area is 42.0 Å². The van der Waals surface area contributed by atoms with Crippen molar-refractivity contribution in [3.8, 4) is 0 Å². The lowest BCUT2D eigenvalue weighted by molar-refractivity contribution is 0.886. The number of hydrogen-bond acceptors (Lipinski definition) is 0. The zero-order valence-electron chi connectivity index (χ0n) is 4.64. The molecule has 0 aromatic rings. The summed E-state index contributed by atoms with van der Waals surface area (Å²) < 4.78 is 0. The maximum Gasteiger partial charge on any atom is -0.0564 e. The van der Waals surface area contributed by atoms with Crippen molar-refractivity contribution in [2.45, 2.75) is 26.7 Å². The molecule has 0 aliphatic carbocycles.